The summed E-state index contributed by atoms with van der Waals surface area (Å²) in [6.07, 6.45) is 6.88. The van der Waals surface area contributed by atoms with E-state index < -0.39 is 0 Å². The lowest BCUT2D eigenvalue weighted by molar-refractivity contribution is -0.139. The number of allylic oxidation sites excluding steroid dienone is 1. The van der Waals surface area contributed by atoms with Gasteiger partial charge in [-0.2, -0.15) is 0 Å². The molecule has 2 nitrogen and oxygen atoms in total. The standard InChI is InChI=1S/C10H13IO2/c1-8-7-9(10(12)13-8)5-3-2-4-6-11/h4,6-8H,2-3,5H2,1H3/b6-4+/t8-/m0/s1. The van der Waals surface area contributed by atoms with Crippen molar-refractivity contribution in [3.63, 3.8) is 0 Å². The minimum Gasteiger partial charge on any atom is -0.455 e. The fourth-order valence-electron chi connectivity index (χ4n) is 1.29. The molecule has 0 fully saturated rings. The topological polar surface area (TPSA) is 26.3 Å². The first-order valence-electron chi connectivity index (χ1n) is 4.41. The third-order valence-electron chi connectivity index (χ3n) is 1.90. The third kappa shape index (κ3) is 3.50. The van der Waals surface area contributed by atoms with E-state index in [1.165, 1.54) is 0 Å². The van der Waals surface area contributed by atoms with Crippen LogP contribution in [0.25, 0.3) is 0 Å². The number of carbonyl (C=O) groups is 1. The second-order valence-corrected chi connectivity index (χ2v) is 3.78. The average molecular weight is 292 g/mol. The minimum atomic E-state index is -0.133. The summed E-state index contributed by atoms with van der Waals surface area (Å²) >= 11 is 2.20. The molecule has 0 spiro atoms. The van der Waals surface area contributed by atoms with Crippen molar-refractivity contribution in [2.45, 2.75) is 32.3 Å². The number of hydrogen-bond acceptors (Lipinski definition) is 2. The first kappa shape index (κ1) is 10.8. The Morgan fingerprint density at radius 2 is 2.46 bits per heavy atom. The molecule has 72 valence electrons. The van der Waals surface area contributed by atoms with Gasteiger partial charge in [0.1, 0.15) is 6.10 Å². The molecule has 1 aliphatic rings. The van der Waals surface area contributed by atoms with Crippen LogP contribution in [0, 0.1) is 0 Å². The van der Waals surface area contributed by atoms with E-state index in [1.807, 2.05) is 17.1 Å². The molecule has 1 heterocycles. The van der Waals surface area contributed by atoms with E-state index in [4.69, 9.17) is 4.74 Å². The van der Waals surface area contributed by atoms with Crippen molar-refractivity contribution in [2.75, 3.05) is 0 Å². The molecule has 1 rings (SSSR count). The summed E-state index contributed by atoms with van der Waals surface area (Å²) in [4.78, 5) is 11.1. The first-order valence-corrected chi connectivity index (χ1v) is 5.65. The Hall–Kier alpha value is -0.320. The van der Waals surface area contributed by atoms with Gasteiger partial charge in [-0.05, 0) is 36.3 Å². The Kier molecular flexibility index (Phi) is 4.48. The number of halogens is 1. The van der Waals surface area contributed by atoms with Gasteiger partial charge >= 0.3 is 5.97 Å². The highest BCUT2D eigenvalue weighted by Gasteiger charge is 2.20. The summed E-state index contributed by atoms with van der Waals surface area (Å²) in [5, 5.41) is 0. The molecule has 3 heteroatoms. The summed E-state index contributed by atoms with van der Waals surface area (Å²) in [5.41, 5.74) is 0.842. The van der Waals surface area contributed by atoms with Crippen LogP contribution >= 0.6 is 22.6 Å². The Bertz CT molecular complexity index is 243. The summed E-state index contributed by atoms with van der Waals surface area (Å²) < 4.78 is 6.98. The van der Waals surface area contributed by atoms with E-state index in [2.05, 4.69) is 28.7 Å². The van der Waals surface area contributed by atoms with Crippen LogP contribution < -0.4 is 0 Å². The minimum absolute atomic E-state index is 0.0254. The Morgan fingerprint density at radius 1 is 1.69 bits per heavy atom. The maximum absolute atomic E-state index is 11.1. The largest absolute Gasteiger partial charge is 0.455 e. The molecule has 0 aromatic rings. The number of unbranched alkanes of at least 4 members (excludes halogenated alkanes) is 1. The van der Waals surface area contributed by atoms with Crippen LogP contribution in [0.1, 0.15) is 26.2 Å². The Balaban J connectivity index is 2.29. The van der Waals surface area contributed by atoms with Crippen molar-refractivity contribution in [3.05, 3.63) is 21.8 Å². The van der Waals surface area contributed by atoms with Crippen LogP contribution in [0.4, 0.5) is 0 Å². The molecule has 0 bridgehead atoms. The Morgan fingerprint density at radius 3 is 3.00 bits per heavy atom. The van der Waals surface area contributed by atoms with Crippen molar-refractivity contribution in [1.29, 1.82) is 0 Å². The molecular weight excluding hydrogens is 279 g/mol. The Labute approximate surface area is 92.2 Å². The second kappa shape index (κ2) is 5.42. The zero-order valence-corrected chi connectivity index (χ0v) is 9.78. The van der Waals surface area contributed by atoms with Crippen molar-refractivity contribution in [1.82, 2.24) is 0 Å². The van der Waals surface area contributed by atoms with Crippen molar-refractivity contribution >= 4 is 28.6 Å². The quantitative estimate of drug-likeness (QED) is 0.452. The molecule has 0 amide bonds. The molecule has 0 aliphatic carbocycles. The SMILES string of the molecule is C[C@H]1C=C(CCC/C=C/I)C(=O)O1. The van der Waals surface area contributed by atoms with Crippen LogP contribution in [0.15, 0.2) is 21.8 Å². The molecule has 0 N–H and O–H groups in total. The van der Waals surface area contributed by atoms with Crippen LogP contribution in [-0.2, 0) is 9.53 Å². The van der Waals surface area contributed by atoms with Gasteiger partial charge in [-0.25, -0.2) is 4.79 Å². The van der Waals surface area contributed by atoms with Gasteiger partial charge in [0, 0.05) is 5.57 Å². The molecule has 0 saturated carbocycles. The maximum Gasteiger partial charge on any atom is 0.334 e. The highest BCUT2D eigenvalue weighted by atomic mass is 127. The van der Waals surface area contributed by atoms with Crippen molar-refractivity contribution in [3.8, 4) is 0 Å². The van der Waals surface area contributed by atoms with Crippen LogP contribution in [0.2, 0.25) is 0 Å². The monoisotopic (exact) mass is 292 g/mol. The molecule has 0 unspecified atom stereocenters. The summed E-state index contributed by atoms with van der Waals surface area (Å²) in [6, 6.07) is 0. The van der Waals surface area contributed by atoms with Crippen molar-refractivity contribution < 1.29 is 9.53 Å². The van der Waals surface area contributed by atoms with Gasteiger partial charge < -0.3 is 4.74 Å². The smallest absolute Gasteiger partial charge is 0.334 e. The average Bonchev–Trinajstić information content (AvgIpc) is 2.39. The van der Waals surface area contributed by atoms with Gasteiger partial charge in [-0.15, -0.1) is 0 Å². The summed E-state index contributed by atoms with van der Waals surface area (Å²) in [7, 11) is 0. The lowest BCUT2D eigenvalue weighted by Crippen LogP contribution is -2.03. The number of hydrogen-bond donors (Lipinski definition) is 0. The lowest BCUT2D eigenvalue weighted by atomic mass is 10.1. The molecule has 0 saturated heterocycles. The molecule has 1 aliphatic heterocycles. The van der Waals surface area contributed by atoms with E-state index in [-0.39, 0.29) is 12.1 Å². The third-order valence-corrected chi connectivity index (χ3v) is 2.41. The van der Waals surface area contributed by atoms with E-state index in [0.29, 0.717) is 0 Å². The molecule has 0 aromatic heterocycles. The normalized spacial score (nSPS) is 22.2. The molecule has 0 radical (unpaired) electrons. The molecule has 13 heavy (non-hydrogen) atoms. The highest BCUT2D eigenvalue weighted by Crippen LogP contribution is 2.18. The molecule has 0 aromatic carbocycles. The van der Waals surface area contributed by atoms with Gasteiger partial charge in [0.15, 0.2) is 0 Å². The predicted octanol–water partition coefficient (Wildman–Crippen LogP) is 2.98. The molecular formula is C10H13IO2. The number of carbonyl (C=O) groups excluding carboxylic acids is 1. The summed E-state index contributed by atoms with van der Waals surface area (Å²) in [5.74, 6) is -0.133. The molecule has 1 atom stereocenters. The number of ether oxygens (including phenoxy) is 1. The predicted molar refractivity (Wildman–Crippen MR) is 60.6 cm³/mol. The van der Waals surface area contributed by atoms with E-state index in [0.717, 1.165) is 24.8 Å². The van der Waals surface area contributed by atoms with Gasteiger partial charge in [0.05, 0.1) is 0 Å². The summed E-state index contributed by atoms with van der Waals surface area (Å²) in [6.45, 7) is 1.88. The van der Waals surface area contributed by atoms with E-state index in [9.17, 15) is 4.79 Å². The zero-order chi connectivity index (χ0) is 9.68. The number of cyclic esters (lactones) is 1. The number of rotatable bonds is 4. The first-order chi connectivity index (χ1) is 6.24. The van der Waals surface area contributed by atoms with Crippen LogP contribution in [0.5, 0.6) is 0 Å². The highest BCUT2D eigenvalue weighted by molar-refractivity contribution is 14.1. The number of esters is 1. The van der Waals surface area contributed by atoms with Crippen molar-refractivity contribution in [2.24, 2.45) is 0 Å². The van der Waals surface area contributed by atoms with Gasteiger partial charge in [-0.1, -0.05) is 28.7 Å². The zero-order valence-electron chi connectivity index (χ0n) is 7.63. The van der Waals surface area contributed by atoms with Gasteiger partial charge in [0.2, 0.25) is 0 Å². The van der Waals surface area contributed by atoms with Gasteiger partial charge in [-0.3, -0.25) is 0 Å². The second-order valence-electron chi connectivity index (χ2n) is 3.06. The fraction of sp³-hybridized carbons (Fsp3) is 0.500. The van der Waals surface area contributed by atoms with E-state index >= 15 is 0 Å². The maximum atomic E-state index is 11.1. The lowest BCUT2D eigenvalue weighted by Gasteiger charge is -1.98. The van der Waals surface area contributed by atoms with E-state index in [1.54, 1.807) is 0 Å². The fourth-order valence-corrected chi connectivity index (χ4v) is 1.65. The van der Waals surface area contributed by atoms with Gasteiger partial charge in [0.25, 0.3) is 0 Å². The van der Waals surface area contributed by atoms with Crippen LogP contribution in [0.3, 0.4) is 0 Å². The van der Waals surface area contributed by atoms with Crippen LogP contribution in [-0.4, -0.2) is 12.1 Å².